The fraction of sp³-hybridized carbons (Fsp3) is 0.250. The van der Waals surface area contributed by atoms with Crippen molar-refractivity contribution >= 4 is 49.9 Å². The number of rotatable bonds is 8. The van der Waals surface area contributed by atoms with Gasteiger partial charge in [0.25, 0.3) is 5.91 Å². The van der Waals surface area contributed by atoms with Gasteiger partial charge in [-0.3, -0.25) is 9.59 Å². The fourth-order valence-corrected chi connectivity index (χ4v) is 5.68. The van der Waals surface area contributed by atoms with Crippen molar-refractivity contribution < 1.29 is 27.5 Å². The van der Waals surface area contributed by atoms with Gasteiger partial charge in [0, 0.05) is 19.2 Å². The van der Waals surface area contributed by atoms with Crippen molar-refractivity contribution in [3.63, 3.8) is 0 Å². The van der Waals surface area contributed by atoms with E-state index in [1.165, 1.54) is 32.4 Å². The third-order valence-electron chi connectivity index (χ3n) is 5.74. The van der Waals surface area contributed by atoms with Crippen LogP contribution in [0.15, 0.2) is 71.6 Å². The summed E-state index contributed by atoms with van der Waals surface area (Å²) in [6.45, 7) is -0.277. The van der Waals surface area contributed by atoms with E-state index in [1.807, 2.05) is 18.2 Å². The molecule has 1 aliphatic rings. The molecule has 1 atom stereocenters. The Morgan fingerprint density at radius 1 is 1.00 bits per heavy atom. The molecule has 2 amide bonds. The average Bonchev–Trinajstić information content (AvgIpc) is 3.13. The van der Waals surface area contributed by atoms with Gasteiger partial charge in [0.05, 0.1) is 23.5 Å². The van der Waals surface area contributed by atoms with Gasteiger partial charge >= 0.3 is 0 Å². The normalized spacial score (nSPS) is 16.9. The number of imide groups is 1. The molecule has 3 aromatic carbocycles. The molecule has 1 saturated heterocycles. The molecule has 0 spiro atoms. The largest absolute Gasteiger partial charge is 0.354 e. The molecule has 1 unspecified atom stereocenters. The molecule has 178 valence electrons. The predicted molar refractivity (Wildman–Crippen MR) is 128 cm³/mol. The van der Waals surface area contributed by atoms with E-state index in [0.29, 0.717) is 10.7 Å². The number of carbonyl (C=O) groups is 2. The molecule has 10 heteroatoms. The Kier molecular flexibility index (Phi) is 7.01. The van der Waals surface area contributed by atoms with E-state index >= 15 is 0 Å². The van der Waals surface area contributed by atoms with Crippen molar-refractivity contribution in [1.82, 2.24) is 4.31 Å². The number of anilines is 1. The number of nitrogens with zero attached hydrogens (tertiary/aromatic N) is 2. The van der Waals surface area contributed by atoms with E-state index in [9.17, 15) is 18.0 Å². The SMILES string of the molecule is COC(CN(C1CC(=O)N(c2ccc(Cl)cc2)C1=O)S(=O)(=O)c1ccc2ccccc2c1)OC. The van der Waals surface area contributed by atoms with Crippen LogP contribution in [0.3, 0.4) is 0 Å². The van der Waals surface area contributed by atoms with E-state index < -0.39 is 34.2 Å². The quantitative estimate of drug-likeness (QED) is 0.346. The maximum Gasteiger partial charge on any atom is 0.252 e. The molecular weight excluding hydrogens is 480 g/mol. The van der Waals surface area contributed by atoms with Crippen LogP contribution >= 0.6 is 11.6 Å². The Morgan fingerprint density at radius 2 is 1.65 bits per heavy atom. The van der Waals surface area contributed by atoms with Gasteiger partial charge in [0.15, 0.2) is 6.29 Å². The molecule has 0 aromatic heterocycles. The standard InChI is InChI=1S/C24H23ClN2O6S/c1-32-23(33-2)15-26(34(30,31)20-12-7-16-5-3-4-6-17(16)13-20)21-14-22(28)27(24(21)29)19-10-8-18(25)9-11-19/h3-13,21,23H,14-15H2,1-2H3. The lowest BCUT2D eigenvalue weighted by atomic mass is 10.1. The molecule has 3 aromatic rings. The van der Waals surface area contributed by atoms with Crippen LogP contribution in [0.25, 0.3) is 10.8 Å². The van der Waals surface area contributed by atoms with E-state index in [4.69, 9.17) is 21.1 Å². The summed E-state index contributed by atoms with van der Waals surface area (Å²) in [7, 11) is -1.46. The number of benzene rings is 3. The predicted octanol–water partition coefficient (Wildman–Crippen LogP) is 3.43. The van der Waals surface area contributed by atoms with Crippen molar-refractivity contribution in [2.24, 2.45) is 0 Å². The van der Waals surface area contributed by atoms with Crippen LogP contribution in [0.2, 0.25) is 5.02 Å². The molecule has 0 N–H and O–H groups in total. The second-order valence-electron chi connectivity index (χ2n) is 7.75. The fourth-order valence-electron chi connectivity index (χ4n) is 3.95. The zero-order valence-corrected chi connectivity index (χ0v) is 20.1. The van der Waals surface area contributed by atoms with Gasteiger partial charge in [-0.1, -0.05) is 41.9 Å². The summed E-state index contributed by atoms with van der Waals surface area (Å²) >= 11 is 5.92. The highest BCUT2D eigenvalue weighted by Gasteiger charge is 2.47. The van der Waals surface area contributed by atoms with E-state index in [0.717, 1.165) is 20.0 Å². The number of halogens is 1. The number of fused-ring (bicyclic) bond motifs is 1. The van der Waals surface area contributed by atoms with Crippen molar-refractivity contribution in [2.75, 3.05) is 25.7 Å². The minimum absolute atomic E-state index is 0.00217. The number of sulfonamides is 1. The minimum atomic E-state index is -4.21. The van der Waals surface area contributed by atoms with Crippen molar-refractivity contribution in [3.05, 3.63) is 71.8 Å². The number of methoxy groups -OCH3 is 2. The number of ether oxygens (including phenoxy) is 2. The van der Waals surface area contributed by atoms with Gasteiger partial charge in [-0.2, -0.15) is 4.31 Å². The van der Waals surface area contributed by atoms with Gasteiger partial charge in [-0.15, -0.1) is 0 Å². The summed E-state index contributed by atoms with van der Waals surface area (Å²) in [5.74, 6) is -1.16. The third-order valence-corrected chi connectivity index (χ3v) is 7.86. The molecule has 0 radical (unpaired) electrons. The van der Waals surface area contributed by atoms with Gasteiger partial charge < -0.3 is 9.47 Å². The summed E-state index contributed by atoms with van der Waals surface area (Å²) in [5.41, 5.74) is 0.319. The molecule has 8 nitrogen and oxygen atoms in total. The Morgan fingerprint density at radius 3 is 2.29 bits per heavy atom. The van der Waals surface area contributed by atoms with Crippen LogP contribution in [-0.2, 0) is 29.1 Å². The number of hydrogen-bond acceptors (Lipinski definition) is 6. The monoisotopic (exact) mass is 502 g/mol. The smallest absolute Gasteiger partial charge is 0.252 e. The number of hydrogen-bond donors (Lipinski definition) is 0. The van der Waals surface area contributed by atoms with Crippen LogP contribution in [0, 0.1) is 0 Å². The van der Waals surface area contributed by atoms with Crippen molar-refractivity contribution in [1.29, 1.82) is 0 Å². The van der Waals surface area contributed by atoms with E-state index in [2.05, 4.69) is 0 Å². The Labute approximate surface area is 202 Å². The summed E-state index contributed by atoms with van der Waals surface area (Å²) in [6.07, 6.45) is -1.25. The Balaban J connectivity index is 1.75. The topological polar surface area (TPSA) is 93.2 Å². The summed E-state index contributed by atoms with van der Waals surface area (Å²) in [5, 5.41) is 2.05. The lowest BCUT2D eigenvalue weighted by molar-refractivity contribution is -0.125. The van der Waals surface area contributed by atoms with Crippen LogP contribution in [0.4, 0.5) is 5.69 Å². The lowest BCUT2D eigenvalue weighted by Gasteiger charge is -2.29. The first-order valence-electron chi connectivity index (χ1n) is 10.4. The van der Waals surface area contributed by atoms with Gasteiger partial charge in [0.1, 0.15) is 6.04 Å². The van der Waals surface area contributed by atoms with Crippen LogP contribution < -0.4 is 4.90 Å². The van der Waals surface area contributed by atoms with Crippen molar-refractivity contribution in [3.8, 4) is 0 Å². The molecule has 0 bridgehead atoms. The first-order chi connectivity index (χ1) is 16.3. The maximum atomic E-state index is 13.8. The summed E-state index contributed by atoms with van der Waals surface area (Å²) < 4.78 is 39.0. The van der Waals surface area contributed by atoms with Gasteiger partial charge in [-0.25, -0.2) is 13.3 Å². The zero-order valence-electron chi connectivity index (χ0n) is 18.5. The second kappa shape index (κ2) is 9.81. The maximum absolute atomic E-state index is 13.8. The Hall–Kier alpha value is -2.82. The highest BCUT2D eigenvalue weighted by molar-refractivity contribution is 7.89. The third kappa shape index (κ3) is 4.57. The molecular formula is C24H23ClN2O6S. The number of carbonyl (C=O) groups excluding carboxylic acids is 2. The Bertz CT molecular complexity index is 1320. The molecule has 34 heavy (non-hydrogen) atoms. The van der Waals surface area contributed by atoms with Crippen LogP contribution in [0.5, 0.6) is 0 Å². The first-order valence-corrected chi connectivity index (χ1v) is 12.3. The molecule has 0 aliphatic carbocycles. The minimum Gasteiger partial charge on any atom is -0.354 e. The van der Waals surface area contributed by atoms with Gasteiger partial charge in [-0.05, 0) is 47.2 Å². The highest BCUT2D eigenvalue weighted by atomic mass is 35.5. The summed E-state index contributed by atoms with van der Waals surface area (Å²) in [4.78, 5) is 27.2. The molecule has 4 rings (SSSR count). The van der Waals surface area contributed by atoms with Crippen molar-refractivity contribution in [2.45, 2.75) is 23.6 Å². The molecule has 0 saturated carbocycles. The van der Waals surface area contributed by atoms with E-state index in [-0.39, 0.29) is 17.9 Å². The molecule has 1 fully saturated rings. The number of amides is 2. The van der Waals surface area contributed by atoms with Gasteiger partial charge in [0.2, 0.25) is 15.9 Å². The lowest BCUT2D eigenvalue weighted by Crippen LogP contribution is -2.49. The van der Waals surface area contributed by atoms with E-state index in [1.54, 1.807) is 30.3 Å². The summed E-state index contributed by atoms with van der Waals surface area (Å²) in [6, 6.07) is 17.0. The zero-order chi connectivity index (χ0) is 24.5. The highest BCUT2D eigenvalue weighted by Crippen LogP contribution is 2.31. The second-order valence-corrected chi connectivity index (χ2v) is 10.1. The average molecular weight is 503 g/mol. The molecule has 1 aliphatic heterocycles. The first kappa shape index (κ1) is 24.3. The molecule has 1 heterocycles. The van der Waals surface area contributed by atoms with Crippen LogP contribution in [-0.4, -0.2) is 57.6 Å². The van der Waals surface area contributed by atoms with Crippen LogP contribution in [0.1, 0.15) is 6.42 Å².